The minimum atomic E-state index is -5.32. The van der Waals surface area contributed by atoms with E-state index in [0.717, 1.165) is 24.3 Å². The molecule has 0 aromatic heterocycles. The fourth-order valence-electron chi connectivity index (χ4n) is 5.87. The molecule has 2 heterocycles. The Morgan fingerprint density at radius 3 is 2.31 bits per heavy atom. The minimum absolute atomic E-state index is 0.0174. The number of piperidine rings is 1. The van der Waals surface area contributed by atoms with Crippen molar-refractivity contribution in [1.82, 2.24) is 4.90 Å². The second-order valence-electron chi connectivity index (χ2n) is 9.12. The van der Waals surface area contributed by atoms with Gasteiger partial charge >= 0.3 is 18.3 Å². The van der Waals surface area contributed by atoms with Crippen molar-refractivity contribution in [3.05, 3.63) is 70.5 Å². The molecule has 196 valence electrons. The highest BCUT2D eigenvalue weighted by Crippen LogP contribution is 2.56. The molecular formula is C25H24F7NO3. The number of aliphatic carboxylic acids is 1. The van der Waals surface area contributed by atoms with E-state index < -0.39 is 64.3 Å². The number of alkyl halides is 6. The van der Waals surface area contributed by atoms with E-state index in [1.54, 1.807) is 11.8 Å². The SMILES string of the molecule is CCOC1(c2ccc(F)cc2)C(c2cccc(C(F)(F)F)c2C(F)(F)F)CN2CCC(C(=O)O)CC21. The number of carboxylic acids is 1. The van der Waals surface area contributed by atoms with Crippen molar-refractivity contribution in [2.75, 3.05) is 19.7 Å². The monoisotopic (exact) mass is 519 g/mol. The van der Waals surface area contributed by atoms with Gasteiger partial charge in [0.25, 0.3) is 0 Å². The predicted octanol–water partition coefficient (Wildman–Crippen LogP) is 6.06. The zero-order chi connectivity index (χ0) is 26.5. The quantitative estimate of drug-likeness (QED) is 0.489. The Morgan fingerprint density at radius 2 is 1.75 bits per heavy atom. The molecule has 11 heteroatoms. The first-order valence-electron chi connectivity index (χ1n) is 11.4. The van der Waals surface area contributed by atoms with Gasteiger partial charge in [-0.25, -0.2) is 4.39 Å². The van der Waals surface area contributed by atoms with Gasteiger partial charge < -0.3 is 9.84 Å². The first-order chi connectivity index (χ1) is 16.8. The van der Waals surface area contributed by atoms with E-state index in [2.05, 4.69) is 0 Å². The van der Waals surface area contributed by atoms with Crippen LogP contribution in [0, 0.1) is 11.7 Å². The Bertz CT molecular complexity index is 1120. The first kappa shape index (κ1) is 26.4. The van der Waals surface area contributed by atoms with Gasteiger partial charge in [0.1, 0.15) is 11.4 Å². The molecule has 0 aliphatic carbocycles. The third-order valence-corrected chi connectivity index (χ3v) is 7.23. The van der Waals surface area contributed by atoms with E-state index in [4.69, 9.17) is 4.74 Å². The standard InChI is InChI=1S/C25H24F7NO3/c1-2-36-23(15-6-8-16(26)9-7-15)19(13-33-11-10-14(22(34)35)12-20(23)33)17-4-3-5-18(24(27,28)29)21(17)25(30,31)32/h3-9,14,19-20H,2,10-13H2,1H3,(H,34,35). The van der Waals surface area contributed by atoms with E-state index in [0.29, 0.717) is 6.07 Å². The Labute approximate surface area is 202 Å². The van der Waals surface area contributed by atoms with E-state index in [1.165, 1.54) is 12.1 Å². The molecule has 0 saturated carbocycles. The normalized spacial score (nSPS) is 27.2. The van der Waals surface area contributed by atoms with Crippen molar-refractivity contribution in [3.63, 3.8) is 0 Å². The molecule has 2 aromatic rings. The zero-order valence-corrected chi connectivity index (χ0v) is 19.2. The summed E-state index contributed by atoms with van der Waals surface area (Å²) >= 11 is 0. The van der Waals surface area contributed by atoms with E-state index in [-0.39, 0.29) is 38.1 Å². The Morgan fingerprint density at radius 1 is 1.08 bits per heavy atom. The van der Waals surface area contributed by atoms with Crippen LogP contribution in [0.15, 0.2) is 42.5 Å². The average molecular weight is 519 g/mol. The summed E-state index contributed by atoms with van der Waals surface area (Å²) in [7, 11) is 0. The number of carboxylic acid groups (broad SMARTS) is 1. The molecule has 0 bridgehead atoms. The molecule has 4 atom stereocenters. The van der Waals surface area contributed by atoms with E-state index in [9.17, 15) is 40.6 Å². The van der Waals surface area contributed by atoms with Crippen LogP contribution in [-0.2, 0) is 27.5 Å². The molecule has 2 aliphatic rings. The van der Waals surface area contributed by atoms with Crippen LogP contribution in [0.5, 0.6) is 0 Å². The number of ether oxygens (including phenoxy) is 1. The van der Waals surface area contributed by atoms with Crippen LogP contribution in [0.3, 0.4) is 0 Å². The summed E-state index contributed by atoms with van der Waals surface area (Å²) < 4.78 is 104. The molecule has 2 aliphatic heterocycles. The fourth-order valence-corrected chi connectivity index (χ4v) is 5.87. The highest BCUT2D eigenvalue weighted by molar-refractivity contribution is 5.70. The van der Waals surface area contributed by atoms with Crippen molar-refractivity contribution in [3.8, 4) is 0 Å². The van der Waals surface area contributed by atoms with Gasteiger partial charge in [-0.3, -0.25) is 9.69 Å². The second kappa shape index (κ2) is 9.33. The summed E-state index contributed by atoms with van der Waals surface area (Å²) in [5.74, 6) is -3.73. The van der Waals surface area contributed by atoms with Gasteiger partial charge in [0.15, 0.2) is 0 Å². The molecule has 0 radical (unpaired) electrons. The van der Waals surface area contributed by atoms with Crippen molar-refractivity contribution >= 4 is 5.97 Å². The van der Waals surface area contributed by atoms with E-state index in [1.807, 2.05) is 0 Å². The van der Waals surface area contributed by atoms with Crippen molar-refractivity contribution in [2.24, 2.45) is 5.92 Å². The Balaban J connectivity index is 2.00. The predicted molar refractivity (Wildman–Crippen MR) is 115 cm³/mol. The number of carbonyl (C=O) groups is 1. The summed E-state index contributed by atoms with van der Waals surface area (Å²) in [4.78, 5) is 13.6. The number of rotatable bonds is 5. The Kier molecular flexibility index (Phi) is 6.85. The van der Waals surface area contributed by atoms with Crippen LogP contribution in [-0.4, -0.2) is 41.7 Å². The van der Waals surface area contributed by atoms with Crippen molar-refractivity contribution in [2.45, 2.75) is 49.7 Å². The van der Waals surface area contributed by atoms with Gasteiger partial charge in [-0.1, -0.05) is 24.3 Å². The van der Waals surface area contributed by atoms with Crippen LogP contribution >= 0.6 is 0 Å². The third kappa shape index (κ3) is 4.47. The number of hydrogen-bond acceptors (Lipinski definition) is 3. The maximum absolute atomic E-state index is 14.2. The number of benzene rings is 2. The average Bonchev–Trinajstić information content (AvgIpc) is 3.12. The van der Waals surface area contributed by atoms with Gasteiger partial charge in [0, 0.05) is 25.1 Å². The van der Waals surface area contributed by atoms with Gasteiger partial charge in [0.05, 0.1) is 17.0 Å². The van der Waals surface area contributed by atoms with Gasteiger partial charge in [-0.05, 0) is 55.6 Å². The van der Waals surface area contributed by atoms with Gasteiger partial charge in [-0.2, -0.15) is 26.3 Å². The molecule has 1 N–H and O–H groups in total. The molecule has 4 nitrogen and oxygen atoms in total. The Hall–Kier alpha value is -2.66. The molecule has 0 amide bonds. The molecular weight excluding hydrogens is 495 g/mol. The van der Waals surface area contributed by atoms with Crippen molar-refractivity contribution in [1.29, 1.82) is 0 Å². The summed E-state index contributed by atoms with van der Waals surface area (Å²) in [6.07, 6.45) is -10.3. The molecule has 36 heavy (non-hydrogen) atoms. The number of halogens is 7. The summed E-state index contributed by atoms with van der Waals surface area (Å²) in [6.45, 7) is 1.71. The minimum Gasteiger partial charge on any atom is -0.481 e. The first-order valence-corrected chi connectivity index (χ1v) is 11.4. The second-order valence-corrected chi connectivity index (χ2v) is 9.12. The van der Waals surface area contributed by atoms with Gasteiger partial charge in [0.2, 0.25) is 0 Å². The lowest BCUT2D eigenvalue weighted by Crippen LogP contribution is -2.51. The smallest absolute Gasteiger partial charge is 0.417 e. The van der Waals surface area contributed by atoms with Crippen LogP contribution in [0.4, 0.5) is 30.7 Å². The summed E-state index contributed by atoms with van der Waals surface area (Å²) in [5, 5.41) is 9.64. The maximum atomic E-state index is 14.2. The number of nitrogens with zero attached hydrogens (tertiary/aromatic N) is 1. The zero-order valence-electron chi connectivity index (χ0n) is 19.2. The van der Waals surface area contributed by atoms with Crippen LogP contribution in [0.2, 0.25) is 0 Å². The van der Waals surface area contributed by atoms with Crippen LogP contribution in [0.25, 0.3) is 0 Å². The lowest BCUT2D eigenvalue weighted by molar-refractivity contribution is -0.163. The fraction of sp³-hybridized carbons (Fsp3) is 0.480. The highest BCUT2D eigenvalue weighted by atomic mass is 19.4. The molecule has 2 fully saturated rings. The summed E-state index contributed by atoms with van der Waals surface area (Å²) in [6, 6.07) is 6.49. The summed E-state index contributed by atoms with van der Waals surface area (Å²) in [5.41, 5.74) is -5.54. The molecule has 0 spiro atoms. The molecule has 4 unspecified atom stereocenters. The van der Waals surface area contributed by atoms with Crippen molar-refractivity contribution < 1.29 is 45.4 Å². The maximum Gasteiger partial charge on any atom is 0.417 e. The third-order valence-electron chi connectivity index (χ3n) is 7.23. The lowest BCUT2D eigenvalue weighted by Gasteiger charge is -2.44. The van der Waals surface area contributed by atoms with Crippen LogP contribution < -0.4 is 0 Å². The highest BCUT2D eigenvalue weighted by Gasteiger charge is 2.60. The molecule has 4 rings (SSSR count). The largest absolute Gasteiger partial charge is 0.481 e. The van der Waals surface area contributed by atoms with E-state index >= 15 is 0 Å². The molecule has 2 aromatic carbocycles. The molecule has 2 saturated heterocycles. The van der Waals surface area contributed by atoms with Crippen LogP contribution in [0.1, 0.15) is 47.9 Å². The number of fused-ring (bicyclic) bond motifs is 1. The number of hydrogen-bond donors (Lipinski definition) is 1. The lowest BCUT2D eigenvalue weighted by atomic mass is 9.71. The topological polar surface area (TPSA) is 49.8 Å². The van der Waals surface area contributed by atoms with Gasteiger partial charge in [-0.15, -0.1) is 0 Å².